The molecule has 0 atom stereocenters. The molecule has 0 bridgehead atoms. The molecule has 0 spiro atoms. The summed E-state index contributed by atoms with van der Waals surface area (Å²) in [6, 6.07) is 0. The SMILES string of the molecule is C=C/C=C\C=C(/C)CCC(=O)O. The van der Waals surface area contributed by atoms with Crippen LogP contribution in [0, 0.1) is 0 Å². The van der Waals surface area contributed by atoms with Gasteiger partial charge in [0.25, 0.3) is 0 Å². The minimum absolute atomic E-state index is 0.199. The molecule has 0 rings (SSSR count). The lowest BCUT2D eigenvalue weighted by atomic mass is 10.1. The number of carboxylic acid groups (broad SMARTS) is 1. The topological polar surface area (TPSA) is 37.3 Å². The molecule has 0 aromatic carbocycles. The Balaban J connectivity index is 3.77. The summed E-state index contributed by atoms with van der Waals surface area (Å²) in [7, 11) is 0. The highest BCUT2D eigenvalue weighted by atomic mass is 16.4. The van der Waals surface area contributed by atoms with Crippen molar-refractivity contribution in [1.29, 1.82) is 0 Å². The second-order valence-corrected chi connectivity index (χ2v) is 2.53. The van der Waals surface area contributed by atoms with E-state index in [0.717, 1.165) is 5.57 Å². The Bertz CT molecular complexity index is 212. The van der Waals surface area contributed by atoms with Gasteiger partial charge in [0, 0.05) is 6.42 Å². The Labute approximate surface area is 72.9 Å². The summed E-state index contributed by atoms with van der Waals surface area (Å²) in [4.78, 5) is 10.2. The summed E-state index contributed by atoms with van der Waals surface area (Å²) in [6.45, 7) is 5.43. The minimum Gasteiger partial charge on any atom is -0.481 e. The molecule has 0 aromatic heterocycles. The third kappa shape index (κ3) is 6.81. The van der Waals surface area contributed by atoms with Gasteiger partial charge in [0.05, 0.1) is 0 Å². The molecule has 0 aliphatic rings. The first-order valence-electron chi connectivity index (χ1n) is 3.83. The predicted molar refractivity (Wildman–Crippen MR) is 50.0 cm³/mol. The summed E-state index contributed by atoms with van der Waals surface area (Å²) in [5, 5.41) is 8.37. The molecular formula is C10H14O2. The van der Waals surface area contributed by atoms with Crippen LogP contribution in [0.5, 0.6) is 0 Å². The van der Waals surface area contributed by atoms with Crippen LogP contribution in [-0.4, -0.2) is 11.1 Å². The third-order valence-corrected chi connectivity index (χ3v) is 1.36. The fourth-order valence-corrected chi connectivity index (χ4v) is 0.686. The molecule has 66 valence electrons. The van der Waals surface area contributed by atoms with Gasteiger partial charge in [0.2, 0.25) is 0 Å². The van der Waals surface area contributed by atoms with Crippen molar-refractivity contribution in [1.82, 2.24) is 0 Å². The summed E-state index contributed by atoms with van der Waals surface area (Å²) < 4.78 is 0. The zero-order valence-corrected chi connectivity index (χ0v) is 7.29. The van der Waals surface area contributed by atoms with E-state index in [1.165, 1.54) is 0 Å². The van der Waals surface area contributed by atoms with Crippen LogP contribution in [0.15, 0.2) is 36.5 Å². The number of hydrogen-bond donors (Lipinski definition) is 1. The maximum absolute atomic E-state index is 10.2. The fourth-order valence-electron chi connectivity index (χ4n) is 0.686. The largest absolute Gasteiger partial charge is 0.481 e. The molecule has 12 heavy (non-hydrogen) atoms. The lowest BCUT2D eigenvalue weighted by molar-refractivity contribution is -0.136. The molecule has 0 fully saturated rings. The van der Waals surface area contributed by atoms with Gasteiger partial charge in [-0.3, -0.25) is 4.79 Å². The van der Waals surface area contributed by atoms with Crippen LogP contribution in [0.4, 0.5) is 0 Å². The van der Waals surface area contributed by atoms with Crippen LogP contribution < -0.4 is 0 Å². The molecule has 2 heteroatoms. The molecule has 0 saturated carbocycles. The Morgan fingerprint density at radius 1 is 1.42 bits per heavy atom. The maximum atomic E-state index is 10.2. The highest BCUT2D eigenvalue weighted by molar-refractivity contribution is 5.67. The van der Waals surface area contributed by atoms with Gasteiger partial charge >= 0.3 is 5.97 Å². The van der Waals surface area contributed by atoms with Crippen molar-refractivity contribution in [2.45, 2.75) is 19.8 Å². The van der Waals surface area contributed by atoms with Crippen molar-refractivity contribution < 1.29 is 9.90 Å². The molecular weight excluding hydrogens is 152 g/mol. The predicted octanol–water partition coefficient (Wildman–Crippen LogP) is 2.54. The average molecular weight is 166 g/mol. The zero-order valence-electron chi connectivity index (χ0n) is 7.29. The van der Waals surface area contributed by atoms with E-state index >= 15 is 0 Å². The normalized spacial score (nSPS) is 11.9. The Morgan fingerprint density at radius 2 is 2.08 bits per heavy atom. The second-order valence-electron chi connectivity index (χ2n) is 2.53. The molecule has 0 aliphatic carbocycles. The minimum atomic E-state index is -0.754. The smallest absolute Gasteiger partial charge is 0.303 e. The van der Waals surface area contributed by atoms with Crippen LogP contribution in [0.3, 0.4) is 0 Å². The first-order valence-corrected chi connectivity index (χ1v) is 3.83. The molecule has 0 heterocycles. The number of allylic oxidation sites excluding steroid dienone is 5. The van der Waals surface area contributed by atoms with Crippen molar-refractivity contribution >= 4 is 5.97 Å². The average Bonchev–Trinajstić information content (AvgIpc) is 2.01. The van der Waals surface area contributed by atoms with Gasteiger partial charge in [-0.15, -0.1) is 0 Å². The first-order chi connectivity index (χ1) is 5.66. The first kappa shape index (κ1) is 10.7. The van der Waals surface area contributed by atoms with Crippen LogP contribution in [0.2, 0.25) is 0 Å². The Hall–Kier alpha value is -1.31. The van der Waals surface area contributed by atoms with E-state index in [1.807, 2.05) is 25.2 Å². The van der Waals surface area contributed by atoms with Crippen molar-refractivity contribution in [3.63, 3.8) is 0 Å². The van der Waals surface area contributed by atoms with E-state index in [0.29, 0.717) is 6.42 Å². The van der Waals surface area contributed by atoms with Gasteiger partial charge in [0.15, 0.2) is 0 Å². The van der Waals surface area contributed by atoms with Crippen molar-refractivity contribution in [3.8, 4) is 0 Å². The van der Waals surface area contributed by atoms with E-state index in [9.17, 15) is 4.79 Å². The van der Waals surface area contributed by atoms with Gasteiger partial charge in [-0.1, -0.05) is 36.5 Å². The summed E-state index contributed by atoms with van der Waals surface area (Å²) in [5.74, 6) is -0.754. The molecule has 0 saturated heterocycles. The highest BCUT2D eigenvalue weighted by Gasteiger charge is 1.95. The van der Waals surface area contributed by atoms with Crippen LogP contribution in [0.25, 0.3) is 0 Å². The summed E-state index contributed by atoms with van der Waals surface area (Å²) in [5.41, 5.74) is 1.07. The highest BCUT2D eigenvalue weighted by Crippen LogP contribution is 2.03. The second kappa shape index (κ2) is 6.40. The van der Waals surface area contributed by atoms with E-state index in [2.05, 4.69) is 6.58 Å². The van der Waals surface area contributed by atoms with Crippen molar-refractivity contribution in [2.24, 2.45) is 0 Å². The summed E-state index contributed by atoms with van der Waals surface area (Å²) >= 11 is 0. The van der Waals surface area contributed by atoms with E-state index < -0.39 is 5.97 Å². The van der Waals surface area contributed by atoms with E-state index in [1.54, 1.807) is 6.08 Å². The number of aliphatic carboxylic acids is 1. The molecule has 0 aromatic rings. The van der Waals surface area contributed by atoms with Crippen molar-refractivity contribution in [3.05, 3.63) is 36.5 Å². The van der Waals surface area contributed by atoms with Gasteiger partial charge in [-0.2, -0.15) is 0 Å². The number of carboxylic acids is 1. The Morgan fingerprint density at radius 3 is 2.58 bits per heavy atom. The molecule has 0 amide bonds. The number of rotatable bonds is 5. The molecule has 0 radical (unpaired) electrons. The lowest BCUT2D eigenvalue weighted by Crippen LogP contribution is -1.93. The van der Waals surface area contributed by atoms with Crippen LogP contribution in [-0.2, 0) is 4.79 Å². The van der Waals surface area contributed by atoms with Crippen LogP contribution in [0.1, 0.15) is 19.8 Å². The number of hydrogen-bond acceptors (Lipinski definition) is 1. The molecule has 1 N–H and O–H groups in total. The van der Waals surface area contributed by atoms with Crippen LogP contribution >= 0.6 is 0 Å². The number of carbonyl (C=O) groups is 1. The summed E-state index contributed by atoms with van der Waals surface area (Å²) in [6.07, 6.45) is 8.04. The van der Waals surface area contributed by atoms with Gasteiger partial charge in [-0.05, 0) is 13.3 Å². The van der Waals surface area contributed by atoms with Gasteiger partial charge in [-0.25, -0.2) is 0 Å². The molecule has 0 unspecified atom stereocenters. The van der Waals surface area contributed by atoms with E-state index in [4.69, 9.17) is 5.11 Å². The van der Waals surface area contributed by atoms with Crippen molar-refractivity contribution in [2.75, 3.05) is 0 Å². The van der Waals surface area contributed by atoms with Gasteiger partial charge < -0.3 is 5.11 Å². The maximum Gasteiger partial charge on any atom is 0.303 e. The standard InChI is InChI=1S/C10H14O2/c1-3-4-5-6-9(2)7-8-10(11)12/h3-6H,1,7-8H2,2H3,(H,11,12)/b5-4-,9-6+. The fraction of sp³-hybridized carbons (Fsp3) is 0.300. The molecule has 2 nitrogen and oxygen atoms in total. The monoisotopic (exact) mass is 166 g/mol. The zero-order chi connectivity index (χ0) is 9.40. The quantitative estimate of drug-likeness (QED) is 0.637. The Kier molecular flexibility index (Phi) is 5.70. The van der Waals surface area contributed by atoms with Gasteiger partial charge in [0.1, 0.15) is 0 Å². The third-order valence-electron chi connectivity index (χ3n) is 1.36. The lowest BCUT2D eigenvalue weighted by Gasteiger charge is -1.94. The van der Waals surface area contributed by atoms with E-state index in [-0.39, 0.29) is 6.42 Å². The molecule has 0 aliphatic heterocycles.